The molecule has 6 heteroatoms. The zero-order chi connectivity index (χ0) is 8.91. The molecular formula is C5H10FNO4. The number of carbonyl (C=O) groups is 1. The predicted octanol–water partition coefficient (Wildman–Crippen LogP) is -0.638. The van der Waals surface area contributed by atoms with Crippen molar-refractivity contribution in [3.63, 3.8) is 0 Å². The van der Waals surface area contributed by atoms with Gasteiger partial charge in [0.1, 0.15) is 6.61 Å². The molecule has 0 heterocycles. The molecule has 1 atom stereocenters. The SMILES string of the molecule is COC[C@@](F)(ON)C(=O)OC. The van der Waals surface area contributed by atoms with Gasteiger partial charge in [0, 0.05) is 7.11 Å². The number of methoxy groups -OCH3 is 2. The number of hydrogen-bond donors (Lipinski definition) is 1. The number of halogens is 1. The molecule has 0 saturated heterocycles. The number of ether oxygens (including phenoxy) is 2. The van der Waals surface area contributed by atoms with E-state index < -0.39 is 18.4 Å². The Balaban J connectivity index is 4.19. The van der Waals surface area contributed by atoms with E-state index in [0.717, 1.165) is 7.11 Å². The van der Waals surface area contributed by atoms with Gasteiger partial charge < -0.3 is 9.47 Å². The number of nitrogens with two attached hydrogens (primary N) is 1. The van der Waals surface area contributed by atoms with Gasteiger partial charge in [-0.15, -0.1) is 0 Å². The van der Waals surface area contributed by atoms with E-state index >= 15 is 0 Å². The fourth-order valence-electron chi connectivity index (χ4n) is 0.479. The number of carbonyl (C=O) groups excluding carboxylic acids is 1. The summed E-state index contributed by atoms with van der Waals surface area (Å²) in [5, 5.41) is 0. The number of alkyl halides is 1. The molecule has 0 rings (SSSR count). The van der Waals surface area contributed by atoms with Gasteiger partial charge in [0.2, 0.25) is 0 Å². The van der Waals surface area contributed by atoms with Crippen molar-refractivity contribution >= 4 is 5.97 Å². The molecule has 0 aromatic heterocycles. The zero-order valence-corrected chi connectivity index (χ0v) is 6.30. The number of hydrogen-bond acceptors (Lipinski definition) is 5. The standard InChI is InChI=1S/C5H10FNO4/c1-9-3-5(6,11-7)4(8)10-2/h3,7H2,1-2H3/t5-/m1/s1. The lowest BCUT2D eigenvalue weighted by Gasteiger charge is -2.17. The van der Waals surface area contributed by atoms with Gasteiger partial charge in [0.15, 0.2) is 0 Å². The molecule has 66 valence electrons. The highest BCUT2D eigenvalue weighted by Gasteiger charge is 2.41. The van der Waals surface area contributed by atoms with Crippen LogP contribution in [0, 0.1) is 0 Å². The normalized spacial score (nSPS) is 15.6. The topological polar surface area (TPSA) is 70.8 Å². The van der Waals surface area contributed by atoms with Gasteiger partial charge >= 0.3 is 11.8 Å². The van der Waals surface area contributed by atoms with Crippen LogP contribution < -0.4 is 5.90 Å². The first-order valence-electron chi connectivity index (χ1n) is 2.75. The summed E-state index contributed by atoms with van der Waals surface area (Å²) >= 11 is 0. The van der Waals surface area contributed by atoms with Crippen molar-refractivity contribution in [2.75, 3.05) is 20.8 Å². The van der Waals surface area contributed by atoms with Crippen LogP contribution >= 0.6 is 0 Å². The molecule has 0 amide bonds. The van der Waals surface area contributed by atoms with E-state index in [4.69, 9.17) is 0 Å². The zero-order valence-electron chi connectivity index (χ0n) is 6.30. The van der Waals surface area contributed by atoms with E-state index in [1.54, 1.807) is 0 Å². The van der Waals surface area contributed by atoms with Gasteiger partial charge in [0.05, 0.1) is 7.11 Å². The lowest BCUT2D eigenvalue weighted by Crippen LogP contribution is -2.44. The van der Waals surface area contributed by atoms with Crippen LogP contribution in [0.1, 0.15) is 0 Å². The fourth-order valence-corrected chi connectivity index (χ4v) is 0.479. The van der Waals surface area contributed by atoms with Crippen LogP contribution in [-0.2, 0) is 19.1 Å². The van der Waals surface area contributed by atoms with E-state index in [9.17, 15) is 9.18 Å². The van der Waals surface area contributed by atoms with E-state index in [0.29, 0.717) is 0 Å². The van der Waals surface area contributed by atoms with E-state index in [1.165, 1.54) is 7.11 Å². The van der Waals surface area contributed by atoms with Crippen molar-refractivity contribution < 1.29 is 23.5 Å². The van der Waals surface area contributed by atoms with Crippen molar-refractivity contribution in [3.05, 3.63) is 0 Å². The van der Waals surface area contributed by atoms with Gasteiger partial charge in [-0.2, -0.15) is 4.39 Å². The minimum absolute atomic E-state index is 0.601. The highest BCUT2D eigenvalue weighted by atomic mass is 19.2. The average molecular weight is 167 g/mol. The number of rotatable bonds is 4. The van der Waals surface area contributed by atoms with Gasteiger partial charge in [-0.05, 0) is 0 Å². The Morgan fingerprint density at radius 1 is 1.64 bits per heavy atom. The third-order valence-electron chi connectivity index (χ3n) is 1.01. The van der Waals surface area contributed by atoms with Crippen molar-refractivity contribution in [2.45, 2.75) is 5.85 Å². The molecule has 0 radical (unpaired) electrons. The van der Waals surface area contributed by atoms with Crippen molar-refractivity contribution in [1.82, 2.24) is 0 Å². The van der Waals surface area contributed by atoms with Crippen LogP contribution in [0.15, 0.2) is 0 Å². The molecule has 11 heavy (non-hydrogen) atoms. The molecule has 0 fully saturated rings. The van der Waals surface area contributed by atoms with E-state index in [1.807, 2.05) is 0 Å². The van der Waals surface area contributed by atoms with Crippen molar-refractivity contribution in [2.24, 2.45) is 5.90 Å². The van der Waals surface area contributed by atoms with Crippen LogP contribution in [0.4, 0.5) is 4.39 Å². The first kappa shape index (κ1) is 10.3. The molecule has 0 aliphatic heterocycles. The molecule has 0 aliphatic carbocycles. The molecule has 5 nitrogen and oxygen atoms in total. The van der Waals surface area contributed by atoms with Gasteiger partial charge in [0.25, 0.3) is 0 Å². The fraction of sp³-hybridized carbons (Fsp3) is 0.800. The Morgan fingerprint density at radius 2 is 2.18 bits per heavy atom. The minimum Gasteiger partial charge on any atom is -0.465 e. The lowest BCUT2D eigenvalue weighted by molar-refractivity contribution is -0.212. The average Bonchev–Trinajstić information content (AvgIpc) is 2.03. The first-order valence-corrected chi connectivity index (χ1v) is 2.75. The summed E-state index contributed by atoms with van der Waals surface area (Å²) in [6.45, 7) is -0.601. The third-order valence-corrected chi connectivity index (χ3v) is 1.01. The molecule has 0 aromatic carbocycles. The Labute approximate surface area is 63.2 Å². The summed E-state index contributed by atoms with van der Waals surface area (Å²) in [6, 6.07) is 0. The maximum Gasteiger partial charge on any atom is 0.375 e. The summed E-state index contributed by atoms with van der Waals surface area (Å²) in [5.74, 6) is 0.588. The highest BCUT2D eigenvalue weighted by Crippen LogP contribution is 2.12. The van der Waals surface area contributed by atoms with Gasteiger partial charge in [-0.1, -0.05) is 0 Å². The van der Waals surface area contributed by atoms with Crippen LogP contribution in [0.5, 0.6) is 0 Å². The molecule has 0 bridgehead atoms. The maximum absolute atomic E-state index is 13.0. The highest BCUT2D eigenvalue weighted by molar-refractivity contribution is 5.77. The molecule has 0 saturated carbocycles. The second-order valence-corrected chi connectivity index (χ2v) is 1.77. The Hall–Kier alpha value is -0.720. The number of esters is 1. The van der Waals surface area contributed by atoms with Crippen LogP contribution in [0.25, 0.3) is 0 Å². The summed E-state index contributed by atoms with van der Waals surface area (Å²) in [5.41, 5.74) is 0. The third kappa shape index (κ3) is 2.41. The van der Waals surface area contributed by atoms with Crippen molar-refractivity contribution in [3.8, 4) is 0 Å². The maximum atomic E-state index is 13.0. The minimum atomic E-state index is -2.70. The van der Waals surface area contributed by atoms with Gasteiger partial charge in [-0.3, -0.25) is 4.84 Å². The molecule has 0 spiro atoms. The first-order chi connectivity index (χ1) is 5.10. The predicted molar refractivity (Wildman–Crippen MR) is 33.0 cm³/mol. The second-order valence-electron chi connectivity index (χ2n) is 1.77. The monoisotopic (exact) mass is 167 g/mol. The quantitative estimate of drug-likeness (QED) is 0.445. The lowest BCUT2D eigenvalue weighted by atomic mass is 10.3. The van der Waals surface area contributed by atoms with E-state index in [-0.39, 0.29) is 0 Å². The van der Waals surface area contributed by atoms with Crippen molar-refractivity contribution in [1.29, 1.82) is 0 Å². The van der Waals surface area contributed by atoms with Crippen LogP contribution in [-0.4, -0.2) is 32.7 Å². The Bertz CT molecular complexity index is 142. The molecule has 0 aromatic rings. The summed E-state index contributed by atoms with van der Waals surface area (Å²) in [7, 11) is 2.22. The van der Waals surface area contributed by atoms with E-state index in [2.05, 4.69) is 20.2 Å². The second kappa shape index (κ2) is 4.22. The molecular weight excluding hydrogens is 157 g/mol. The molecule has 2 N–H and O–H groups in total. The van der Waals surface area contributed by atoms with Crippen LogP contribution in [0.3, 0.4) is 0 Å². The molecule has 0 aliphatic rings. The summed E-state index contributed by atoms with van der Waals surface area (Å²) in [4.78, 5) is 14.3. The molecule has 0 unspecified atom stereocenters. The van der Waals surface area contributed by atoms with Crippen LogP contribution in [0.2, 0.25) is 0 Å². The smallest absolute Gasteiger partial charge is 0.375 e. The largest absolute Gasteiger partial charge is 0.465 e. The Kier molecular flexibility index (Phi) is 3.94. The Morgan fingerprint density at radius 3 is 2.45 bits per heavy atom. The summed E-state index contributed by atoms with van der Waals surface area (Å²) in [6.07, 6.45) is 0. The summed E-state index contributed by atoms with van der Waals surface area (Å²) < 4.78 is 21.4. The van der Waals surface area contributed by atoms with Gasteiger partial charge in [-0.25, -0.2) is 10.7 Å².